The number of hydrogen-bond donors (Lipinski definition) is 0. The largest absolute Gasteiger partial charge is 0.459 e. The van der Waals surface area contributed by atoms with Gasteiger partial charge in [0, 0.05) is 18.3 Å². The van der Waals surface area contributed by atoms with Crippen molar-refractivity contribution in [2.24, 2.45) is 5.11 Å². The van der Waals surface area contributed by atoms with E-state index in [0.29, 0.717) is 6.42 Å². The highest BCUT2D eigenvalue weighted by molar-refractivity contribution is 5.66. The second-order valence-corrected chi connectivity index (χ2v) is 3.87. The average molecular weight is 253 g/mol. The molecule has 0 unspecified atom stereocenters. The Morgan fingerprint density at radius 1 is 1.72 bits per heavy atom. The van der Waals surface area contributed by atoms with Gasteiger partial charge in [0.05, 0.1) is 12.1 Å². The molecule has 0 saturated carbocycles. The SMILES string of the molecule is C#CCO[C@H]1C[C@H](N=[N+]=[N-])[C@H](OC(C)=O)[C@H](C)O1. The third-order valence-electron chi connectivity index (χ3n) is 2.50. The highest BCUT2D eigenvalue weighted by Crippen LogP contribution is 2.26. The molecule has 0 aromatic carbocycles. The zero-order valence-electron chi connectivity index (χ0n) is 10.3. The van der Waals surface area contributed by atoms with Gasteiger partial charge >= 0.3 is 5.97 Å². The molecular weight excluding hydrogens is 238 g/mol. The molecule has 0 aromatic heterocycles. The third kappa shape index (κ3) is 3.93. The Morgan fingerprint density at radius 2 is 2.44 bits per heavy atom. The van der Waals surface area contributed by atoms with Gasteiger partial charge in [-0.1, -0.05) is 11.0 Å². The molecule has 1 aliphatic heterocycles. The van der Waals surface area contributed by atoms with E-state index in [1.165, 1.54) is 6.92 Å². The molecule has 0 aromatic rings. The van der Waals surface area contributed by atoms with Crippen LogP contribution in [0.5, 0.6) is 0 Å². The lowest BCUT2D eigenvalue weighted by molar-refractivity contribution is -0.225. The summed E-state index contributed by atoms with van der Waals surface area (Å²) in [5.41, 5.74) is 8.52. The van der Waals surface area contributed by atoms with Crippen LogP contribution in [0.2, 0.25) is 0 Å². The highest BCUT2D eigenvalue weighted by atomic mass is 16.7. The summed E-state index contributed by atoms with van der Waals surface area (Å²) in [5, 5.41) is 3.62. The number of carbonyl (C=O) groups is 1. The summed E-state index contributed by atoms with van der Waals surface area (Å²) in [5.74, 6) is 1.88. The first-order valence-corrected chi connectivity index (χ1v) is 5.50. The third-order valence-corrected chi connectivity index (χ3v) is 2.50. The van der Waals surface area contributed by atoms with Gasteiger partial charge in [0.2, 0.25) is 0 Å². The molecule has 1 rings (SSSR count). The molecular formula is C11H15N3O4. The zero-order valence-corrected chi connectivity index (χ0v) is 10.3. The summed E-state index contributed by atoms with van der Waals surface area (Å²) in [6.45, 7) is 3.12. The predicted molar refractivity (Wildman–Crippen MR) is 62.2 cm³/mol. The first-order chi connectivity index (χ1) is 8.58. The van der Waals surface area contributed by atoms with Crippen LogP contribution in [0, 0.1) is 12.3 Å². The normalized spacial score (nSPS) is 30.9. The minimum atomic E-state index is -0.607. The smallest absolute Gasteiger partial charge is 0.303 e. The summed E-state index contributed by atoms with van der Waals surface area (Å²) in [6.07, 6.45) is 3.79. The van der Waals surface area contributed by atoms with Gasteiger partial charge in [0.15, 0.2) is 6.29 Å². The predicted octanol–water partition coefficient (Wildman–Crippen LogP) is 1.38. The molecule has 0 amide bonds. The van der Waals surface area contributed by atoms with Crippen LogP contribution in [-0.4, -0.2) is 37.1 Å². The summed E-state index contributed by atoms with van der Waals surface area (Å²) in [4.78, 5) is 13.7. The number of esters is 1. The van der Waals surface area contributed by atoms with Crippen LogP contribution in [0.15, 0.2) is 5.11 Å². The maximum Gasteiger partial charge on any atom is 0.303 e. The molecule has 0 bridgehead atoms. The van der Waals surface area contributed by atoms with Crippen LogP contribution in [-0.2, 0) is 19.0 Å². The standard InChI is InChI=1S/C11H15N3O4/c1-4-5-16-10-6-9(13-14-12)11(7(2)17-10)18-8(3)15/h1,7,9-11H,5-6H2,2-3H3/t7-,9-,10+,11+/m0/s1. The van der Waals surface area contributed by atoms with Crippen LogP contribution in [0.1, 0.15) is 20.3 Å². The Hall–Kier alpha value is -1.74. The lowest BCUT2D eigenvalue weighted by Gasteiger charge is -2.37. The number of terminal acetylenes is 1. The van der Waals surface area contributed by atoms with Crippen molar-refractivity contribution in [3.8, 4) is 12.3 Å². The van der Waals surface area contributed by atoms with Crippen LogP contribution in [0.4, 0.5) is 0 Å². The lowest BCUT2D eigenvalue weighted by atomic mass is 10.0. The molecule has 7 nitrogen and oxygen atoms in total. The summed E-state index contributed by atoms with van der Waals surface area (Å²) in [7, 11) is 0. The molecule has 1 aliphatic rings. The fourth-order valence-corrected chi connectivity index (χ4v) is 1.81. The van der Waals surface area contributed by atoms with E-state index in [2.05, 4.69) is 15.9 Å². The zero-order chi connectivity index (χ0) is 13.5. The Kier molecular flexibility index (Phi) is 5.46. The van der Waals surface area contributed by atoms with Crippen molar-refractivity contribution in [1.29, 1.82) is 0 Å². The molecule has 1 heterocycles. The van der Waals surface area contributed by atoms with E-state index in [0.717, 1.165) is 0 Å². The topological polar surface area (TPSA) is 93.5 Å². The van der Waals surface area contributed by atoms with Crippen molar-refractivity contribution in [1.82, 2.24) is 0 Å². The Morgan fingerprint density at radius 3 is 3.00 bits per heavy atom. The number of rotatable bonds is 4. The second-order valence-electron chi connectivity index (χ2n) is 3.87. The molecule has 0 radical (unpaired) electrons. The van der Waals surface area contributed by atoms with Crippen LogP contribution in [0.3, 0.4) is 0 Å². The Balaban J connectivity index is 2.73. The van der Waals surface area contributed by atoms with Gasteiger partial charge in [-0.2, -0.15) is 0 Å². The average Bonchev–Trinajstić information content (AvgIpc) is 2.31. The minimum Gasteiger partial charge on any atom is -0.459 e. The van der Waals surface area contributed by atoms with Crippen molar-refractivity contribution < 1.29 is 19.0 Å². The Labute approximate surface area is 105 Å². The molecule has 18 heavy (non-hydrogen) atoms. The van der Waals surface area contributed by atoms with E-state index in [4.69, 9.17) is 26.2 Å². The highest BCUT2D eigenvalue weighted by Gasteiger charge is 2.38. The molecule has 1 saturated heterocycles. The number of carbonyl (C=O) groups excluding carboxylic acids is 1. The second kappa shape index (κ2) is 6.87. The van der Waals surface area contributed by atoms with Crippen molar-refractivity contribution in [2.45, 2.75) is 44.8 Å². The van der Waals surface area contributed by atoms with Crippen LogP contribution in [0.25, 0.3) is 10.4 Å². The fourth-order valence-electron chi connectivity index (χ4n) is 1.81. The van der Waals surface area contributed by atoms with Gasteiger partial charge in [-0.25, -0.2) is 0 Å². The van der Waals surface area contributed by atoms with Gasteiger partial charge in [0.25, 0.3) is 0 Å². The maximum absolute atomic E-state index is 11.0. The number of nitrogens with zero attached hydrogens (tertiary/aromatic N) is 3. The fraction of sp³-hybridized carbons (Fsp3) is 0.727. The minimum absolute atomic E-state index is 0.110. The molecule has 4 atom stereocenters. The van der Waals surface area contributed by atoms with Gasteiger partial charge in [-0.15, -0.1) is 6.42 Å². The van der Waals surface area contributed by atoms with Crippen molar-refractivity contribution in [3.05, 3.63) is 10.4 Å². The quantitative estimate of drug-likeness (QED) is 0.249. The van der Waals surface area contributed by atoms with Crippen LogP contribution < -0.4 is 0 Å². The van der Waals surface area contributed by atoms with E-state index in [1.54, 1.807) is 6.92 Å². The van der Waals surface area contributed by atoms with Crippen molar-refractivity contribution in [2.75, 3.05) is 6.61 Å². The van der Waals surface area contributed by atoms with E-state index in [9.17, 15) is 4.79 Å². The van der Waals surface area contributed by atoms with Crippen LogP contribution >= 0.6 is 0 Å². The van der Waals surface area contributed by atoms with Gasteiger partial charge in [-0.3, -0.25) is 4.79 Å². The summed E-state index contributed by atoms with van der Waals surface area (Å²) >= 11 is 0. The van der Waals surface area contributed by atoms with Gasteiger partial charge in [0.1, 0.15) is 12.7 Å². The van der Waals surface area contributed by atoms with Crippen molar-refractivity contribution >= 4 is 5.97 Å². The first-order valence-electron chi connectivity index (χ1n) is 5.50. The van der Waals surface area contributed by atoms with Gasteiger partial charge in [-0.05, 0) is 12.5 Å². The molecule has 0 aliphatic carbocycles. The first kappa shape index (κ1) is 14.3. The van der Waals surface area contributed by atoms with Gasteiger partial charge < -0.3 is 14.2 Å². The van der Waals surface area contributed by atoms with Crippen molar-refractivity contribution in [3.63, 3.8) is 0 Å². The molecule has 7 heteroatoms. The monoisotopic (exact) mass is 253 g/mol. The molecule has 1 fully saturated rings. The lowest BCUT2D eigenvalue weighted by Crippen LogP contribution is -2.48. The molecule has 98 valence electrons. The van der Waals surface area contributed by atoms with E-state index in [-0.39, 0.29) is 6.61 Å². The number of azide groups is 1. The van der Waals surface area contributed by atoms with E-state index in [1.807, 2.05) is 0 Å². The molecule has 0 spiro atoms. The van der Waals surface area contributed by atoms with E-state index >= 15 is 0 Å². The Bertz CT molecular complexity index is 386. The summed E-state index contributed by atoms with van der Waals surface area (Å²) in [6, 6.07) is -0.523. The summed E-state index contributed by atoms with van der Waals surface area (Å²) < 4.78 is 15.8. The van der Waals surface area contributed by atoms with E-state index < -0.39 is 30.5 Å². The maximum atomic E-state index is 11.0. The number of hydrogen-bond acceptors (Lipinski definition) is 5. The number of ether oxygens (including phenoxy) is 3. The molecule has 0 N–H and O–H groups in total.